The van der Waals surface area contributed by atoms with Crippen LogP contribution in [-0.4, -0.2) is 46.6 Å². The average molecular weight is 497 g/mol. The fraction of sp³-hybridized carbons (Fsp3) is 0.143. The number of hydrogen-bond donors (Lipinski definition) is 1. The standard InChI is InChI=1S/C28H24N4O5/c1-36-23-10-6-9-20(25(23)37-2)17-32-24(13-14-29-32)30-26(33)19-11-12-21-22(15-19)28(35)31(27(21)34)16-18-7-4-3-5-8-18/h3-15H,16-17H2,1-2H3,(H,30,33). The monoisotopic (exact) mass is 496 g/mol. The number of fused-ring (bicyclic) bond motifs is 1. The maximum absolute atomic E-state index is 13.1. The lowest BCUT2D eigenvalue weighted by atomic mass is 10.1. The molecule has 0 bridgehead atoms. The Hall–Kier alpha value is -4.92. The fourth-order valence-electron chi connectivity index (χ4n) is 4.33. The smallest absolute Gasteiger partial charge is 0.261 e. The summed E-state index contributed by atoms with van der Waals surface area (Å²) in [6.07, 6.45) is 1.58. The Morgan fingerprint density at radius 2 is 1.65 bits per heavy atom. The van der Waals surface area contributed by atoms with E-state index in [0.29, 0.717) is 23.9 Å². The van der Waals surface area contributed by atoms with E-state index < -0.39 is 11.8 Å². The van der Waals surface area contributed by atoms with Gasteiger partial charge in [0.25, 0.3) is 17.7 Å². The summed E-state index contributed by atoms with van der Waals surface area (Å²) < 4.78 is 12.5. The van der Waals surface area contributed by atoms with Crippen LogP contribution < -0.4 is 14.8 Å². The average Bonchev–Trinajstić information content (AvgIpc) is 3.45. The Morgan fingerprint density at radius 3 is 2.41 bits per heavy atom. The van der Waals surface area contributed by atoms with E-state index in [-0.39, 0.29) is 29.1 Å². The molecule has 9 heteroatoms. The number of aromatic nitrogens is 2. The number of rotatable bonds is 8. The number of benzene rings is 3. The molecule has 2 heterocycles. The Balaban J connectivity index is 1.34. The first-order chi connectivity index (χ1) is 18.0. The van der Waals surface area contributed by atoms with Crippen molar-refractivity contribution in [2.75, 3.05) is 19.5 Å². The second kappa shape index (κ2) is 9.98. The number of imide groups is 1. The minimum absolute atomic E-state index is 0.168. The van der Waals surface area contributed by atoms with Gasteiger partial charge in [-0.1, -0.05) is 42.5 Å². The first-order valence-electron chi connectivity index (χ1n) is 11.6. The van der Waals surface area contributed by atoms with Crippen LogP contribution in [-0.2, 0) is 13.1 Å². The molecule has 1 aromatic heterocycles. The molecule has 0 saturated heterocycles. The lowest BCUT2D eigenvalue weighted by molar-refractivity contribution is 0.0642. The number of nitrogens with zero attached hydrogens (tertiary/aromatic N) is 3. The Morgan fingerprint density at radius 1 is 0.865 bits per heavy atom. The summed E-state index contributed by atoms with van der Waals surface area (Å²) >= 11 is 0. The summed E-state index contributed by atoms with van der Waals surface area (Å²) in [7, 11) is 3.13. The van der Waals surface area contributed by atoms with Gasteiger partial charge in [-0.2, -0.15) is 5.10 Å². The molecule has 186 valence electrons. The summed E-state index contributed by atoms with van der Waals surface area (Å²) in [5.41, 5.74) is 2.42. The van der Waals surface area contributed by atoms with Gasteiger partial charge in [0.1, 0.15) is 5.82 Å². The Kier molecular flexibility index (Phi) is 6.42. The molecule has 1 aliphatic rings. The van der Waals surface area contributed by atoms with Crippen LogP contribution in [0.15, 0.2) is 79.0 Å². The van der Waals surface area contributed by atoms with E-state index in [9.17, 15) is 14.4 Å². The maximum Gasteiger partial charge on any atom is 0.261 e. The zero-order chi connectivity index (χ0) is 25.9. The lowest BCUT2D eigenvalue weighted by Gasteiger charge is -2.14. The fourth-order valence-corrected chi connectivity index (χ4v) is 4.33. The van der Waals surface area contributed by atoms with Gasteiger partial charge in [0.15, 0.2) is 11.5 Å². The quantitative estimate of drug-likeness (QED) is 0.370. The molecular weight excluding hydrogens is 472 g/mol. The highest BCUT2D eigenvalue weighted by atomic mass is 16.5. The molecule has 5 rings (SSSR count). The Bertz CT molecular complexity index is 1500. The molecule has 4 aromatic rings. The van der Waals surface area contributed by atoms with Gasteiger partial charge < -0.3 is 14.8 Å². The van der Waals surface area contributed by atoms with E-state index in [1.54, 1.807) is 37.2 Å². The normalized spacial score (nSPS) is 12.4. The molecule has 0 spiro atoms. The minimum atomic E-state index is -0.427. The van der Waals surface area contributed by atoms with Crippen molar-refractivity contribution >= 4 is 23.5 Å². The zero-order valence-corrected chi connectivity index (χ0v) is 20.3. The van der Waals surface area contributed by atoms with Crippen molar-refractivity contribution in [1.29, 1.82) is 0 Å². The SMILES string of the molecule is COc1cccc(Cn2nccc2NC(=O)c2ccc3c(c2)C(=O)N(Cc2ccccc2)C3=O)c1OC. The molecule has 3 aromatic carbocycles. The highest BCUT2D eigenvalue weighted by Gasteiger charge is 2.36. The van der Waals surface area contributed by atoms with E-state index in [0.717, 1.165) is 11.1 Å². The van der Waals surface area contributed by atoms with Crippen molar-refractivity contribution in [3.05, 3.63) is 107 Å². The van der Waals surface area contributed by atoms with E-state index in [2.05, 4.69) is 10.4 Å². The van der Waals surface area contributed by atoms with Crippen molar-refractivity contribution < 1.29 is 23.9 Å². The predicted molar refractivity (Wildman–Crippen MR) is 136 cm³/mol. The molecule has 0 saturated carbocycles. The third-order valence-electron chi connectivity index (χ3n) is 6.18. The highest BCUT2D eigenvalue weighted by molar-refractivity contribution is 6.22. The minimum Gasteiger partial charge on any atom is -0.493 e. The number of carbonyl (C=O) groups excluding carboxylic acids is 3. The van der Waals surface area contributed by atoms with Crippen LogP contribution in [0.1, 0.15) is 42.2 Å². The largest absolute Gasteiger partial charge is 0.493 e. The molecule has 37 heavy (non-hydrogen) atoms. The van der Waals surface area contributed by atoms with Gasteiger partial charge in [0.05, 0.1) is 44.6 Å². The topological polar surface area (TPSA) is 103 Å². The van der Waals surface area contributed by atoms with Crippen molar-refractivity contribution in [3.63, 3.8) is 0 Å². The second-order valence-corrected chi connectivity index (χ2v) is 8.42. The number of para-hydroxylation sites is 1. The number of amides is 3. The third-order valence-corrected chi connectivity index (χ3v) is 6.18. The van der Waals surface area contributed by atoms with E-state index in [1.165, 1.54) is 23.1 Å². The van der Waals surface area contributed by atoms with Gasteiger partial charge in [-0.3, -0.25) is 19.3 Å². The summed E-state index contributed by atoms with van der Waals surface area (Å²) in [5.74, 6) is 0.415. The molecular formula is C28H24N4O5. The third kappa shape index (κ3) is 4.54. The number of anilines is 1. The number of methoxy groups -OCH3 is 2. The number of hydrogen-bond acceptors (Lipinski definition) is 6. The van der Waals surface area contributed by atoms with Crippen molar-refractivity contribution in [2.24, 2.45) is 0 Å². The molecule has 1 N–H and O–H groups in total. The summed E-state index contributed by atoms with van der Waals surface area (Å²) in [4.78, 5) is 40.1. The molecule has 0 aliphatic carbocycles. The second-order valence-electron chi connectivity index (χ2n) is 8.42. The molecule has 9 nitrogen and oxygen atoms in total. The molecule has 3 amide bonds. The van der Waals surface area contributed by atoms with Gasteiger partial charge in [-0.05, 0) is 29.8 Å². The van der Waals surface area contributed by atoms with Crippen molar-refractivity contribution in [2.45, 2.75) is 13.1 Å². The molecule has 0 atom stereocenters. The van der Waals surface area contributed by atoms with Crippen LogP contribution in [0, 0.1) is 0 Å². The number of ether oxygens (including phenoxy) is 2. The van der Waals surface area contributed by atoms with Gasteiger partial charge in [0.2, 0.25) is 0 Å². The van der Waals surface area contributed by atoms with E-state index in [4.69, 9.17) is 9.47 Å². The Labute approximate surface area is 213 Å². The van der Waals surface area contributed by atoms with Crippen LogP contribution in [0.2, 0.25) is 0 Å². The van der Waals surface area contributed by atoms with Gasteiger partial charge in [-0.15, -0.1) is 0 Å². The van der Waals surface area contributed by atoms with E-state index in [1.807, 2.05) is 42.5 Å². The van der Waals surface area contributed by atoms with Crippen LogP contribution in [0.25, 0.3) is 0 Å². The molecule has 0 radical (unpaired) electrons. The van der Waals surface area contributed by atoms with Gasteiger partial charge in [0, 0.05) is 17.2 Å². The molecule has 0 fully saturated rings. The van der Waals surface area contributed by atoms with Crippen molar-refractivity contribution in [1.82, 2.24) is 14.7 Å². The van der Waals surface area contributed by atoms with Crippen molar-refractivity contribution in [3.8, 4) is 11.5 Å². The van der Waals surface area contributed by atoms with Crippen LogP contribution in [0.5, 0.6) is 11.5 Å². The maximum atomic E-state index is 13.1. The lowest BCUT2D eigenvalue weighted by Crippen LogP contribution is -2.29. The number of nitrogens with one attached hydrogen (secondary N) is 1. The first kappa shape index (κ1) is 23.8. The summed E-state index contributed by atoms with van der Waals surface area (Å²) in [6, 6.07) is 21.0. The predicted octanol–water partition coefficient (Wildman–Crippen LogP) is 4.00. The van der Waals surface area contributed by atoms with Gasteiger partial charge in [-0.25, -0.2) is 4.68 Å². The van der Waals surface area contributed by atoms with Gasteiger partial charge >= 0.3 is 0 Å². The highest BCUT2D eigenvalue weighted by Crippen LogP contribution is 2.32. The van der Waals surface area contributed by atoms with Crippen LogP contribution in [0.3, 0.4) is 0 Å². The van der Waals surface area contributed by atoms with Crippen LogP contribution >= 0.6 is 0 Å². The first-order valence-corrected chi connectivity index (χ1v) is 11.6. The van der Waals surface area contributed by atoms with E-state index >= 15 is 0 Å². The number of carbonyl (C=O) groups is 3. The molecule has 0 unspecified atom stereocenters. The van der Waals surface area contributed by atoms with Crippen LogP contribution in [0.4, 0.5) is 5.82 Å². The molecule has 1 aliphatic heterocycles. The zero-order valence-electron chi connectivity index (χ0n) is 20.3. The summed E-state index contributed by atoms with van der Waals surface area (Å²) in [5, 5.41) is 7.16. The summed E-state index contributed by atoms with van der Waals surface area (Å²) in [6.45, 7) is 0.496.